The van der Waals surface area contributed by atoms with E-state index in [-0.39, 0.29) is 23.4 Å². The Morgan fingerprint density at radius 3 is 2.09 bits per heavy atom. The van der Waals surface area contributed by atoms with Crippen LogP contribution in [0.25, 0.3) is 0 Å². The minimum Gasteiger partial charge on any atom is -0.494 e. The number of hydrogen-bond acceptors (Lipinski definition) is 7. The molecule has 4 aromatic rings. The van der Waals surface area contributed by atoms with Gasteiger partial charge in [0.05, 0.1) is 17.9 Å². The van der Waals surface area contributed by atoms with Gasteiger partial charge < -0.3 is 25.2 Å². The number of rotatable bonds is 16. The molecule has 1 aliphatic carbocycles. The number of para-hydroxylation sites is 2. The monoisotopic (exact) mass is 592 g/mol. The molecule has 0 aromatic heterocycles. The minimum atomic E-state index is -1.03. The van der Waals surface area contributed by atoms with E-state index in [1.165, 1.54) is 0 Å². The van der Waals surface area contributed by atoms with Crippen LogP contribution < -0.4 is 20.1 Å². The summed E-state index contributed by atoms with van der Waals surface area (Å²) in [5.41, 5.74) is 2.14. The average Bonchev–Trinajstić information content (AvgIpc) is 3.85. The van der Waals surface area contributed by atoms with Gasteiger partial charge in [0.25, 0.3) is 0 Å². The van der Waals surface area contributed by atoms with Crippen molar-refractivity contribution in [1.82, 2.24) is 5.32 Å². The summed E-state index contributed by atoms with van der Waals surface area (Å²) in [6, 6.07) is 31.3. The van der Waals surface area contributed by atoms with E-state index >= 15 is 0 Å². The van der Waals surface area contributed by atoms with E-state index in [9.17, 15) is 19.5 Å². The maximum Gasteiger partial charge on any atom is 0.343 e. The highest BCUT2D eigenvalue weighted by atomic mass is 16.5. The number of Topliss-reactive ketones (excluding diaryl/α,β-unsaturated/α-hetero) is 1. The standard InChI is InChI=1S/C36H36N2O6/c39-33(27-10-3-1-4-11-27)36(20-21-36)25-37-22-9-23-43-29-18-16-26(17-19-29)24-31(34(40)41)38-30-14-7-8-15-32(30)44-35(42)28-12-5-2-6-13-28/h1-8,10-19,31,37-38H,9,20-25H2,(H,40,41). The van der Waals surface area contributed by atoms with Crippen LogP contribution in [0, 0.1) is 5.41 Å². The molecule has 44 heavy (non-hydrogen) atoms. The van der Waals surface area contributed by atoms with Crippen molar-refractivity contribution < 1.29 is 29.0 Å². The lowest BCUT2D eigenvalue weighted by Gasteiger charge is -2.18. The molecule has 1 fully saturated rings. The van der Waals surface area contributed by atoms with E-state index in [0.717, 1.165) is 36.9 Å². The van der Waals surface area contributed by atoms with Crippen LogP contribution in [0.1, 0.15) is 45.5 Å². The van der Waals surface area contributed by atoms with Gasteiger partial charge in [-0.25, -0.2) is 9.59 Å². The topological polar surface area (TPSA) is 114 Å². The first-order valence-corrected chi connectivity index (χ1v) is 14.8. The Kier molecular flexibility index (Phi) is 10.0. The number of carbonyl (C=O) groups excluding carboxylic acids is 2. The van der Waals surface area contributed by atoms with E-state index in [1.54, 1.807) is 48.5 Å². The van der Waals surface area contributed by atoms with Gasteiger partial charge in [-0.2, -0.15) is 0 Å². The van der Waals surface area contributed by atoms with E-state index in [1.807, 2.05) is 60.7 Å². The molecule has 1 saturated carbocycles. The van der Waals surface area contributed by atoms with Gasteiger partial charge in [0.1, 0.15) is 11.8 Å². The SMILES string of the molecule is O=C(Oc1ccccc1NC(Cc1ccc(OCCCNCC2(C(=O)c3ccccc3)CC2)cc1)C(=O)O)c1ccccc1. The Bertz CT molecular complexity index is 1550. The zero-order chi connectivity index (χ0) is 30.8. The third-order valence-corrected chi connectivity index (χ3v) is 7.69. The Morgan fingerprint density at radius 2 is 1.43 bits per heavy atom. The number of carbonyl (C=O) groups is 3. The molecule has 226 valence electrons. The lowest BCUT2D eigenvalue weighted by Crippen LogP contribution is -2.31. The summed E-state index contributed by atoms with van der Waals surface area (Å²) in [5.74, 6) is -0.382. The van der Waals surface area contributed by atoms with Crippen LogP contribution in [0.2, 0.25) is 0 Å². The second kappa shape index (κ2) is 14.5. The maximum absolute atomic E-state index is 12.8. The van der Waals surface area contributed by atoms with Crippen molar-refractivity contribution in [2.24, 2.45) is 5.41 Å². The second-order valence-corrected chi connectivity index (χ2v) is 11.0. The number of benzene rings is 4. The van der Waals surface area contributed by atoms with Crippen LogP contribution in [0.5, 0.6) is 11.5 Å². The van der Waals surface area contributed by atoms with Crippen LogP contribution in [0.3, 0.4) is 0 Å². The lowest BCUT2D eigenvalue weighted by atomic mass is 9.94. The fourth-order valence-corrected chi connectivity index (χ4v) is 5.00. The fourth-order valence-electron chi connectivity index (χ4n) is 5.00. The molecule has 3 N–H and O–H groups in total. The van der Waals surface area contributed by atoms with Gasteiger partial charge in [-0.3, -0.25) is 4.79 Å². The van der Waals surface area contributed by atoms with Crippen molar-refractivity contribution in [3.05, 3.63) is 126 Å². The highest BCUT2D eigenvalue weighted by Gasteiger charge is 2.49. The third-order valence-electron chi connectivity index (χ3n) is 7.69. The fraction of sp³-hybridized carbons (Fsp3) is 0.250. The largest absolute Gasteiger partial charge is 0.494 e. The molecule has 0 spiro atoms. The van der Waals surface area contributed by atoms with Gasteiger partial charge >= 0.3 is 11.9 Å². The predicted octanol–water partition coefficient (Wildman–Crippen LogP) is 6.04. The molecule has 0 amide bonds. The summed E-state index contributed by atoms with van der Waals surface area (Å²) in [5, 5.41) is 16.3. The molecule has 1 unspecified atom stereocenters. The molecule has 1 atom stereocenters. The van der Waals surface area contributed by atoms with Gasteiger partial charge in [0.15, 0.2) is 11.5 Å². The molecular formula is C36H36N2O6. The third kappa shape index (κ3) is 8.11. The predicted molar refractivity (Wildman–Crippen MR) is 168 cm³/mol. The summed E-state index contributed by atoms with van der Waals surface area (Å²) < 4.78 is 11.4. The molecule has 8 heteroatoms. The van der Waals surface area contributed by atoms with Gasteiger partial charge in [-0.15, -0.1) is 0 Å². The number of nitrogens with one attached hydrogen (secondary N) is 2. The summed E-state index contributed by atoms with van der Waals surface area (Å²) >= 11 is 0. The van der Waals surface area contributed by atoms with E-state index in [2.05, 4.69) is 10.6 Å². The number of carboxylic acid groups (broad SMARTS) is 1. The Hall–Kier alpha value is -4.95. The number of aliphatic carboxylic acids is 1. The van der Waals surface area contributed by atoms with Crippen molar-refractivity contribution in [1.29, 1.82) is 0 Å². The van der Waals surface area contributed by atoms with E-state index < -0.39 is 18.0 Å². The average molecular weight is 593 g/mol. The highest BCUT2D eigenvalue weighted by molar-refractivity contribution is 6.02. The van der Waals surface area contributed by atoms with Crippen LogP contribution in [0.15, 0.2) is 109 Å². The number of ether oxygens (including phenoxy) is 2. The molecule has 8 nitrogen and oxygen atoms in total. The van der Waals surface area contributed by atoms with Crippen LogP contribution in [0.4, 0.5) is 5.69 Å². The van der Waals surface area contributed by atoms with Crippen LogP contribution in [-0.2, 0) is 11.2 Å². The molecule has 4 aromatic carbocycles. The van der Waals surface area contributed by atoms with Gasteiger partial charge in [0, 0.05) is 23.9 Å². The van der Waals surface area contributed by atoms with Gasteiger partial charge in [-0.05, 0) is 67.8 Å². The number of hydrogen-bond donors (Lipinski definition) is 3. The first kappa shape index (κ1) is 30.5. The van der Waals surface area contributed by atoms with Crippen molar-refractivity contribution in [3.8, 4) is 11.5 Å². The van der Waals surface area contributed by atoms with Crippen molar-refractivity contribution in [2.45, 2.75) is 31.7 Å². The maximum atomic E-state index is 12.8. The molecule has 0 radical (unpaired) electrons. The molecule has 0 bridgehead atoms. The van der Waals surface area contributed by atoms with Crippen molar-refractivity contribution in [3.63, 3.8) is 0 Å². The molecule has 1 aliphatic rings. The zero-order valence-corrected chi connectivity index (χ0v) is 24.4. The first-order chi connectivity index (χ1) is 21.4. The van der Waals surface area contributed by atoms with Gasteiger partial charge in [0.2, 0.25) is 0 Å². The van der Waals surface area contributed by atoms with E-state index in [0.29, 0.717) is 30.2 Å². The number of esters is 1. The minimum absolute atomic E-state index is 0.212. The Morgan fingerprint density at radius 1 is 0.795 bits per heavy atom. The quantitative estimate of drug-likeness (QED) is 0.0625. The van der Waals surface area contributed by atoms with Crippen molar-refractivity contribution >= 4 is 23.4 Å². The summed E-state index contributed by atoms with van der Waals surface area (Å²) in [4.78, 5) is 37.5. The smallest absolute Gasteiger partial charge is 0.343 e. The van der Waals surface area contributed by atoms with Crippen LogP contribution >= 0.6 is 0 Å². The number of carboxylic acids is 1. The van der Waals surface area contributed by atoms with E-state index in [4.69, 9.17) is 9.47 Å². The number of ketones is 1. The Balaban J connectivity index is 1.07. The molecule has 0 saturated heterocycles. The second-order valence-electron chi connectivity index (χ2n) is 11.0. The molecule has 5 rings (SSSR count). The zero-order valence-electron chi connectivity index (χ0n) is 24.4. The Labute approximate surface area is 257 Å². The molecule has 0 aliphatic heterocycles. The van der Waals surface area contributed by atoms with Crippen molar-refractivity contribution in [2.75, 3.05) is 25.0 Å². The number of anilines is 1. The lowest BCUT2D eigenvalue weighted by molar-refractivity contribution is -0.137. The first-order valence-electron chi connectivity index (χ1n) is 14.8. The van der Waals surface area contributed by atoms with Crippen LogP contribution in [-0.4, -0.2) is 48.6 Å². The molecule has 0 heterocycles. The normalized spacial score (nSPS) is 13.8. The molecular weight excluding hydrogens is 556 g/mol. The summed E-state index contributed by atoms with van der Waals surface area (Å²) in [6.07, 6.45) is 2.84. The summed E-state index contributed by atoms with van der Waals surface area (Å²) in [6.45, 7) is 1.94. The summed E-state index contributed by atoms with van der Waals surface area (Å²) in [7, 11) is 0. The van der Waals surface area contributed by atoms with Gasteiger partial charge in [-0.1, -0.05) is 72.8 Å². The highest BCUT2D eigenvalue weighted by Crippen LogP contribution is 2.47.